The molecule has 236 valence electrons. The van der Waals surface area contributed by atoms with Gasteiger partial charge in [-0.2, -0.15) is 20.7 Å². The number of rotatable bonds is 7. The van der Waals surface area contributed by atoms with Crippen LogP contribution in [0.5, 0.6) is 0 Å². The maximum atomic E-state index is 12.4. The molecule has 2 aliphatic rings. The first-order valence-electron chi connectivity index (χ1n) is 15.3. The summed E-state index contributed by atoms with van der Waals surface area (Å²) in [5, 5.41) is 32.2. The highest BCUT2D eigenvalue weighted by molar-refractivity contribution is 5.97. The Labute approximate surface area is 274 Å². The molecule has 4 aromatic heterocycles. The van der Waals surface area contributed by atoms with E-state index in [0.717, 1.165) is 29.1 Å². The van der Waals surface area contributed by atoms with Crippen molar-refractivity contribution in [2.45, 2.75) is 18.9 Å². The lowest BCUT2D eigenvalue weighted by molar-refractivity contribution is -0.00346. The molecule has 8 rings (SSSR count). The predicted octanol–water partition coefficient (Wildman–Crippen LogP) is 3.80. The number of benzene rings is 2. The number of nitrogens with zero attached hydrogens (tertiary/aromatic N) is 8. The molecule has 2 amide bonds. The van der Waals surface area contributed by atoms with Crippen molar-refractivity contribution in [1.29, 1.82) is 10.5 Å². The second-order valence-electron chi connectivity index (χ2n) is 11.6. The molecule has 2 N–H and O–H groups in total. The Morgan fingerprint density at radius 1 is 0.750 bits per heavy atom. The molecule has 0 bridgehead atoms. The molecule has 1 aliphatic carbocycles. The van der Waals surface area contributed by atoms with Crippen molar-refractivity contribution in [3.8, 4) is 34.7 Å². The molecule has 0 atom stereocenters. The van der Waals surface area contributed by atoms with Gasteiger partial charge in [-0.1, -0.05) is 24.3 Å². The molecular weight excluding hydrogens is 608 g/mol. The SMILES string of the molecule is N#Cc1ccc(-c2cc(C(=O)NC3COC3)cc3ncnn23)cc1.N#Cc1ccc(-c2cc(C(=O)NCC3CC3)cc3ncnn23)cc1. The van der Waals surface area contributed by atoms with Crippen molar-refractivity contribution in [1.82, 2.24) is 39.8 Å². The lowest BCUT2D eigenvalue weighted by Gasteiger charge is -2.26. The van der Waals surface area contributed by atoms with E-state index in [2.05, 4.69) is 42.9 Å². The minimum Gasteiger partial charge on any atom is -0.377 e. The molecule has 5 heterocycles. The number of fused-ring (bicyclic) bond motifs is 2. The summed E-state index contributed by atoms with van der Waals surface area (Å²) in [7, 11) is 0. The van der Waals surface area contributed by atoms with Gasteiger partial charge in [0.1, 0.15) is 12.7 Å². The molecule has 13 nitrogen and oxygen atoms in total. The molecule has 2 aromatic carbocycles. The maximum absolute atomic E-state index is 12.4. The lowest BCUT2D eigenvalue weighted by Crippen LogP contribution is -2.48. The average Bonchev–Trinajstić information content (AvgIpc) is 3.60. The van der Waals surface area contributed by atoms with Gasteiger partial charge in [0.25, 0.3) is 11.8 Å². The van der Waals surface area contributed by atoms with E-state index in [1.54, 1.807) is 51.5 Å². The summed E-state index contributed by atoms with van der Waals surface area (Å²) in [5.41, 5.74) is 6.69. The Kier molecular flexibility index (Phi) is 8.26. The number of amides is 2. The van der Waals surface area contributed by atoms with Crippen molar-refractivity contribution in [2.75, 3.05) is 19.8 Å². The highest BCUT2D eigenvalue weighted by atomic mass is 16.5. The second kappa shape index (κ2) is 13.1. The van der Waals surface area contributed by atoms with Gasteiger partial charge in [0, 0.05) is 28.8 Å². The van der Waals surface area contributed by atoms with Gasteiger partial charge >= 0.3 is 0 Å². The van der Waals surface area contributed by atoms with Crippen molar-refractivity contribution >= 4 is 23.1 Å². The van der Waals surface area contributed by atoms with E-state index in [-0.39, 0.29) is 17.9 Å². The van der Waals surface area contributed by atoms with E-state index in [1.807, 2.05) is 30.3 Å². The highest BCUT2D eigenvalue weighted by Gasteiger charge is 2.23. The first-order valence-corrected chi connectivity index (χ1v) is 15.3. The predicted molar refractivity (Wildman–Crippen MR) is 173 cm³/mol. The van der Waals surface area contributed by atoms with Gasteiger partial charge in [0.15, 0.2) is 11.3 Å². The molecule has 13 heteroatoms. The van der Waals surface area contributed by atoms with Crippen LogP contribution >= 0.6 is 0 Å². The molecule has 2 fully saturated rings. The molecule has 1 saturated heterocycles. The van der Waals surface area contributed by atoms with Crippen LogP contribution in [0.4, 0.5) is 0 Å². The third kappa shape index (κ3) is 6.44. The minimum atomic E-state index is -0.163. The lowest BCUT2D eigenvalue weighted by atomic mass is 10.1. The van der Waals surface area contributed by atoms with Crippen LogP contribution in [-0.4, -0.2) is 66.8 Å². The van der Waals surface area contributed by atoms with E-state index in [1.165, 1.54) is 25.5 Å². The van der Waals surface area contributed by atoms with Crippen LogP contribution in [0.3, 0.4) is 0 Å². The van der Waals surface area contributed by atoms with Gasteiger partial charge in [-0.25, -0.2) is 19.0 Å². The monoisotopic (exact) mass is 636 g/mol. The smallest absolute Gasteiger partial charge is 0.251 e. The van der Waals surface area contributed by atoms with Crippen LogP contribution in [0.1, 0.15) is 44.7 Å². The summed E-state index contributed by atoms with van der Waals surface area (Å²) in [6.45, 7) is 1.81. The van der Waals surface area contributed by atoms with Gasteiger partial charge in [-0.15, -0.1) is 0 Å². The first-order chi connectivity index (χ1) is 23.5. The van der Waals surface area contributed by atoms with Crippen LogP contribution in [-0.2, 0) is 4.74 Å². The van der Waals surface area contributed by atoms with Gasteiger partial charge in [0.2, 0.25) is 0 Å². The van der Waals surface area contributed by atoms with Crippen LogP contribution < -0.4 is 10.6 Å². The minimum absolute atomic E-state index is 0.0601. The third-order valence-electron chi connectivity index (χ3n) is 8.12. The quantitative estimate of drug-likeness (QED) is 0.264. The Morgan fingerprint density at radius 3 is 1.69 bits per heavy atom. The number of nitriles is 2. The maximum Gasteiger partial charge on any atom is 0.251 e. The van der Waals surface area contributed by atoms with Crippen molar-refractivity contribution < 1.29 is 14.3 Å². The van der Waals surface area contributed by atoms with Crippen molar-refractivity contribution in [3.63, 3.8) is 0 Å². The fourth-order valence-electron chi connectivity index (χ4n) is 5.20. The Balaban J connectivity index is 0.000000152. The standard InChI is InChI=1S/C18H15N5O.C17H13N5O2/c19-9-12-3-5-14(6-4-12)16-7-15(8-17-21-11-22-23(16)17)18(24)20-10-13-1-2-13;18-7-11-1-3-12(4-2-11)15-5-13(6-16-19-10-20-22(15)16)17(23)21-14-8-24-9-14/h3-8,11,13H,1-2,10H2,(H,20,24);1-6,10,14H,8-9H2,(H,21,23). The number of aromatic nitrogens is 6. The van der Waals surface area contributed by atoms with Crippen molar-refractivity contribution in [2.24, 2.45) is 5.92 Å². The van der Waals surface area contributed by atoms with Gasteiger partial charge in [-0.3, -0.25) is 9.59 Å². The second-order valence-corrected chi connectivity index (χ2v) is 11.6. The van der Waals surface area contributed by atoms with Crippen LogP contribution in [0.15, 0.2) is 85.5 Å². The number of hydrogen-bond acceptors (Lipinski definition) is 9. The zero-order valence-electron chi connectivity index (χ0n) is 25.6. The summed E-state index contributed by atoms with van der Waals surface area (Å²) >= 11 is 0. The number of carbonyl (C=O) groups is 2. The zero-order valence-corrected chi connectivity index (χ0v) is 25.6. The number of carbonyl (C=O) groups excluding carboxylic acids is 2. The average molecular weight is 637 g/mol. The summed E-state index contributed by atoms with van der Waals surface area (Å²) in [6.07, 6.45) is 5.30. The Bertz CT molecular complexity index is 2220. The van der Waals surface area contributed by atoms with Crippen LogP contribution in [0.25, 0.3) is 33.8 Å². The van der Waals surface area contributed by atoms with Crippen LogP contribution in [0.2, 0.25) is 0 Å². The topological polar surface area (TPSA) is 175 Å². The van der Waals surface area contributed by atoms with Crippen molar-refractivity contribution in [3.05, 3.63) is 108 Å². The number of ether oxygens (including phenoxy) is 1. The summed E-state index contributed by atoms with van der Waals surface area (Å²) in [4.78, 5) is 33.2. The van der Waals surface area contributed by atoms with Gasteiger partial charge in [-0.05, 0) is 67.3 Å². The van der Waals surface area contributed by atoms with E-state index < -0.39 is 0 Å². The van der Waals surface area contributed by atoms with E-state index in [9.17, 15) is 9.59 Å². The van der Waals surface area contributed by atoms with Gasteiger partial charge < -0.3 is 15.4 Å². The summed E-state index contributed by atoms with van der Waals surface area (Å²) in [6, 6.07) is 25.6. The molecule has 1 saturated carbocycles. The molecule has 0 unspecified atom stereocenters. The molecule has 1 aliphatic heterocycles. The van der Waals surface area contributed by atoms with Gasteiger partial charge in [0.05, 0.1) is 53.9 Å². The highest BCUT2D eigenvalue weighted by Crippen LogP contribution is 2.28. The summed E-state index contributed by atoms with van der Waals surface area (Å²) < 4.78 is 8.44. The molecule has 0 spiro atoms. The number of pyridine rings is 2. The number of nitrogens with one attached hydrogen (secondary N) is 2. The first kappa shape index (κ1) is 30.2. The molecular formula is C35H28N10O3. The van der Waals surface area contributed by atoms with E-state index in [0.29, 0.717) is 52.7 Å². The third-order valence-corrected chi connectivity index (χ3v) is 8.12. The zero-order chi connectivity index (χ0) is 33.0. The fourth-order valence-corrected chi connectivity index (χ4v) is 5.20. The largest absolute Gasteiger partial charge is 0.377 e. The van der Waals surface area contributed by atoms with E-state index in [4.69, 9.17) is 15.3 Å². The van der Waals surface area contributed by atoms with E-state index >= 15 is 0 Å². The Morgan fingerprint density at radius 2 is 1.25 bits per heavy atom. The number of hydrogen-bond donors (Lipinski definition) is 2. The fraction of sp³-hybridized carbons (Fsp3) is 0.200. The normalized spacial score (nSPS) is 13.9. The van der Waals surface area contributed by atoms with Crippen LogP contribution in [0, 0.1) is 28.6 Å². The molecule has 0 radical (unpaired) electrons. The molecule has 48 heavy (non-hydrogen) atoms. The molecule has 6 aromatic rings. The summed E-state index contributed by atoms with van der Waals surface area (Å²) in [5.74, 6) is 0.370. The Hall–Kier alpha value is -6.44.